The number of nitrogens with one attached hydrogen (secondary N) is 1. The van der Waals surface area contributed by atoms with Crippen LogP contribution in [0.15, 0.2) is 0 Å². The van der Waals surface area contributed by atoms with Gasteiger partial charge in [-0.3, -0.25) is 0 Å². The summed E-state index contributed by atoms with van der Waals surface area (Å²) >= 11 is 0. The number of hydrogen-bond acceptors (Lipinski definition) is 3. The second-order valence-electron chi connectivity index (χ2n) is 1.63. The maximum Gasteiger partial charge on any atom is 0.119 e. The molecular formula is C6H12N2O. The molecule has 0 saturated carbocycles. The molecule has 0 aromatic carbocycles. The topological polar surface area (TPSA) is 45.0 Å². The normalized spacial score (nSPS) is 12.6. The summed E-state index contributed by atoms with van der Waals surface area (Å²) in [5.74, 6) is 0. The molecule has 0 rings (SSSR count). The zero-order valence-electron chi connectivity index (χ0n) is 5.85. The van der Waals surface area contributed by atoms with Gasteiger partial charge < -0.3 is 10.1 Å². The van der Waals surface area contributed by atoms with Gasteiger partial charge in [0.15, 0.2) is 0 Å². The van der Waals surface area contributed by atoms with E-state index in [4.69, 9.17) is 10.00 Å². The highest BCUT2D eigenvalue weighted by atomic mass is 16.5. The molecule has 0 bridgehead atoms. The molecule has 0 amide bonds. The smallest absolute Gasteiger partial charge is 0.119 e. The van der Waals surface area contributed by atoms with Gasteiger partial charge in [-0.1, -0.05) is 0 Å². The minimum Gasteiger partial charge on any atom is -0.379 e. The van der Waals surface area contributed by atoms with Crippen LogP contribution in [0.3, 0.4) is 0 Å². The van der Waals surface area contributed by atoms with Crippen molar-refractivity contribution in [3.8, 4) is 6.07 Å². The van der Waals surface area contributed by atoms with Crippen LogP contribution in [0.1, 0.15) is 6.92 Å². The molecule has 0 fully saturated rings. The van der Waals surface area contributed by atoms with Gasteiger partial charge in [-0.05, 0) is 14.0 Å². The molecule has 0 radical (unpaired) electrons. The number of hydrogen-bond donors (Lipinski definition) is 1. The zero-order valence-corrected chi connectivity index (χ0v) is 5.85. The summed E-state index contributed by atoms with van der Waals surface area (Å²) in [6, 6.07) is 1.89. The lowest BCUT2D eigenvalue weighted by molar-refractivity contribution is 0.137. The zero-order chi connectivity index (χ0) is 7.11. The molecule has 0 aromatic heterocycles. The maximum atomic E-state index is 8.36. The number of nitrogens with zero attached hydrogens (tertiary/aromatic N) is 1. The van der Waals surface area contributed by atoms with Crippen molar-refractivity contribution in [3.63, 3.8) is 0 Å². The first-order valence-corrected chi connectivity index (χ1v) is 2.99. The first kappa shape index (κ1) is 8.41. The Hall–Kier alpha value is -0.590. The van der Waals surface area contributed by atoms with E-state index in [2.05, 4.69) is 11.4 Å². The van der Waals surface area contributed by atoms with E-state index >= 15 is 0 Å². The van der Waals surface area contributed by atoms with E-state index in [9.17, 15) is 0 Å². The fourth-order valence-electron chi connectivity index (χ4n) is 0.421. The van der Waals surface area contributed by atoms with Crippen molar-refractivity contribution in [3.05, 3.63) is 0 Å². The minimum atomic E-state index is -0.162. The van der Waals surface area contributed by atoms with Crippen molar-refractivity contribution in [1.82, 2.24) is 5.32 Å². The SMILES string of the molecule is CCOCC(C#N)NC. The lowest BCUT2D eigenvalue weighted by Gasteiger charge is -2.05. The van der Waals surface area contributed by atoms with Crippen LogP contribution in [0.5, 0.6) is 0 Å². The Morgan fingerprint density at radius 2 is 2.44 bits per heavy atom. The van der Waals surface area contributed by atoms with Crippen LogP contribution in [0, 0.1) is 11.3 Å². The first-order chi connectivity index (χ1) is 4.35. The second-order valence-corrected chi connectivity index (χ2v) is 1.63. The average Bonchev–Trinajstić information content (AvgIpc) is 1.91. The molecule has 1 atom stereocenters. The molecule has 1 N–H and O–H groups in total. The predicted octanol–water partition coefficient (Wildman–Crippen LogP) is 0.134. The summed E-state index contributed by atoms with van der Waals surface area (Å²) in [5, 5.41) is 11.2. The average molecular weight is 128 g/mol. The molecular weight excluding hydrogens is 116 g/mol. The molecule has 0 spiro atoms. The number of rotatable bonds is 4. The summed E-state index contributed by atoms with van der Waals surface area (Å²) in [6.45, 7) is 3.05. The van der Waals surface area contributed by atoms with Gasteiger partial charge in [0.05, 0.1) is 12.7 Å². The van der Waals surface area contributed by atoms with Crippen LogP contribution in [0.4, 0.5) is 0 Å². The lowest BCUT2D eigenvalue weighted by Crippen LogP contribution is -2.28. The Balaban J connectivity index is 3.23. The molecule has 1 unspecified atom stereocenters. The molecule has 3 heteroatoms. The number of ether oxygens (including phenoxy) is 1. The van der Waals surface area contributed by atoms with Crippen LogP contribution >= 0.6 is 0 Å². The monoisotopic (exact) mass is 128 g/mol. The molecule has 0 saturated heterocycles. The molecule has 0 aliphatic rings. The minimum absolute atomic E-state index is 0.162. The Morgan fingerprint density at radius 1 is 1.78 bits per heavy atom. The Bertz CT molecular complexity index is 97.7. The standard InChI is InChI=1S/C6H12N2O/c1-3-9-5-6(4-7)8-2/h6,8H,3,5H2,1-2H3. The molecule has 0 aliphatic carbocycles. The van der Waals surface area contributed by atoms with E-state index in [1.165, 1.54) is 0 Å². The van der Waals surface area contributed by atoms with E-state index in [0.29, 0.717) is 13.2 Å². The Labute approximate surface area is 55.6 Å². The highest BCUT2D eigenvalue weighted by Crippen LogP contribution is 1.80. The van der Waals surface area contributed by atoms with Gasteiger partial charge in [0.2, 0.25) is 0 Å². The van der Waals surface area contributed by atoms with Crippen LogP contribution in [0.25, 0.3) is 0 Å². The van der Waals surface area contributed by atoms with Crippen molar-refractivity contribution in [1.29, 1.82) is 5.26 Å². The van der Waals surface area contributed by atoms with E-state index in [1.807, 2.05) is 6.92 Å². The van der Waals surface area contributed by atoms with E-state index in [-0.39, 0.29) is 6.04 Å². The molecule has 0 aromatic rings. The fourth-order valence-corrected chi connectivity index (χ4v) is 0.421. The van der Waals surface area contributed by atoms with Crippen molar-refractivity contribution in [2.24, 2.45) is 0 Å². The summed E-state index contributed by atoms with van der Waals surface area (Å²) in [6.07, 6.45) is 0. The van der Waals surface area contributed by atoms with Crippen LogP contribution in [0.2, 0.25) is 0 Å². The maximum absolute atomic E-state index is 8.36. The quantitative estimate of drug-likeness (QED) is 0.585. The third kappa shape index (κ3) is 3.95. The van der Waals surface area contributed by atoms with Gasteiger partial charge in [0.25, 0.3) is 0 Å². The van der Waals surface area contributed by atoms with Crippen LogP contribution in [-0.2, 0) is 4.74 Å². The van der Waals surface area contributed by atoms with E-state index in [1.54, 1.807) is 7.05 Å². The molecule has 52 valence electrons. The van der Waals surface area contributed by atoms with Gasteiger partial charge in [0, 0.05) is 6.61 Å². The van der Waals surface area contributed by atoms with Gasteiger partial charge in [-0.25, -0.2) is 0 Å². The first-order valence-electron chi connectivity index (χ1n) is 2.99. The number of likely N-dealkylation sites (N-methyl/N-ethyl adjacent to an activating group) is 1. The fraction of sp³-hybridized carbons (Fsp3) is 0.833. The highest BCUT2D eigenvalue weighted by molar-refractivity contribution is 4.87. The van der Waals surface area contributed by atoms with Gasteiger partial charge in [-0.15, -0.1) is 0 Å². The summed E-state index contributed by atoms with van der Waals surface area (Å²) in [5.41, 5.74) is 0. The van der Waals surface area contributed by atoms with Crippen molar-refractivity contribution in [2.75, 3.05) is 20.3 Å². The van der Waals surface area contributed by atoms with Crippen molar-refractivity contribution >= 4 is 0 Å². The molecule has 9 heavy (non-hydrogen) atoms. The molecule has 3 nitrogen and oxygen atoms in total. The highest BCUT2D eigenvalue weighted by Gasteiger charge is 2.00. The third-order valence-corrected chi connectivity index (χ3v) is 0.993. The predicted molar refractivity (Wildman–Crippen MR) is 35.0 cm³/mol. The summed E-state index contributed by atoms with van der Waals surface area (Å²) in [4.78, 5) is 0. The Morgan fingerprint density at radius 3 is 2.78 bits per heavy atom. The van der Waals surface area contributed by atoms with E-state index < -0.39 is 0 Å². The number of nitriles is 1. The van der Waals surface area contributed by atoms with Gasteiger partial charge in [-0.2, -0.15) is 5.26 Å². The third-order valence-electron chi connectivity index (χ3n) is 0.993. The summed E-state index contributed by atoms with van der Waals surface area (Å²) < 4.78 is 4.99. The summed E-state index contributed by atoms with van der Waals surface area (Å²) in [7, 11) is 1.74. The molecule has 0 aliphatic heterocycles. The van der Waals surface area contributed by atoms with Gasteiger partial charge >= 0.3 is 0 Å². The van der Waals surface area contributed by atoms with E-state index in [0.717, 1.165) is 0 Å². The second kappa shape index (κ2) is 5.54. The van der Waals surface area contributed by atoms with Crippen LogP contribution in [-0.4, -0.2) is 26.3 Å². The van der Waals surface area contributed by atoms with Gasteiger partial charge in [0.1, 0.15) is 6.04 Å². The van der Waals surface area contributed by atoms with Crippen LogP contribution < -0.4 is 5.32 Å². The largest absolute Gasteiger partial charge is 0.379 e. The lowest BCUT2D eigenvalue weighted by atomic mass is 10.4. The van der Waals surface area contributed by atoms with Crippen molar-refractivity contribution in [2.45, 2.75) is 13.0 Å². The molecule has 0 heterocycles. The Kier molecular flexibility index (Phi) is 5.18. The van der Waals surface area contributed by atoms with Crippen molar-refractivity contribution < 1.29 is 4.74 Å².